The Balaban J connectivity index is 1.61. The summed E-state index contributed by atoms with van der Waals surface area (Å²) in [4.78, 5) is 11.5. The fraction of sp³-hybridized carbons (Fsp3) is 0.588. The van der Waals surface area contributed by atoms with Crippen LogP contribution in [0, 0.1) is 0 Å². The number of hydrogen-bond acceptors (Lipinski definition) is 3. The summed E-state index contributed by atoms with van der Waals surface area (Å²) in [6, 6.07) is 8.51. The number of amides is 1. The maximum absolute atomic E-state index is 11.5. The predicted octanol–water partition coefficient (Wildman–Crippen LogP) is 2.62. The average molecular weight is 290 g/mol. The van der Waals surface area contributed by atoms with Gasteiger partial charge in [-0.2, -0.15) is 0 Å². The van der Waals surface area contributed by atoms with Crippen LogP contribution >= 0.6 is 0 Å². The molecule has 2 rings (SSSR count). The van der Waals surface area contributed by atoms with E-state index in [2.05, 4.69) is 17.6 Å². The molecule has 1 saturated carbocycles. The molecule has 0 spiro atoms. The fourth-order valence-corrected chi connectivity index (χ4v) is 2.07. The lowest BCUT2D eigenvalue weighted by Crippen LogP contribution is -2.34. The first-order chi connectivity index (χ1) is 10.3. The highest BCUT2D eigenvalue weighted by Crippen LogP contribution is 2.18. The second-order valence-corrected chi connectivity index (χ2v) is 5.64. The lowest BCUT2D eigenvalue weighted by Gasteiger charge is -2.08. The highest BCUT2D eigenvalue weighted by Gasteiger charge is 2.22. The molecule has 0 bridgehead atoms. The maximum atomic E-state index is 11.5. The highest BCUT2D eigenvalue weighted by molar-refractivity contribution is 5.78. The Morgan fingerprint density at radius 3 is 2.67 bits per heavy atom. The average Bonchev–Trinajstić information content (AvgIpc) is 3.29. The van der Waals surface area contributed by atoms with Crippen LogP contribution in [0.5, 0.6) is 5.75 Å². The van der Waals surface area contributed by atoms with Gasteiger partial charge >= 0.3 is 0 Å². The van der Waals surface area contributed by atoms with Gasteiger partial charge in [0.25, 0.3) is 0 Å². The van der Waals surface area contributed by atoms with Crippen molar-refractivity contribution in [1.82, 2.24) is 10.6 Å². The molecular weight excluding hydrogens is 264 g/mol. The molecular formula is C17H26N2O2. The third-order valence-corrected chi connectivity index (χ3v) is 3.50. The van der Waals surface area contributed by atoms with Crippen LogP contribution in [-0.4, -0.2) is 25.1 Å². The smallest absolute Gasteiger partial charge is 0.234 e. The van der Waals surface area contributed by atoms with Crippen LogP contribution in [0.3, 0.4) is 0 Å². The minimum absolute atomic E-state index is 0.0911. The van der Waals surface area contributed by atoms with Crippen molar-refractivity contribution in [3.63, 3.8) is 0 Å². The second kappa shape index (κ2) is 8.67. The van der Waals surface area contributed by atoms with Gasteiger partial charge in [-0.3, -0.25) is 4.79 Å². The second-order valence-electron chi connectivity index (χ2n) is 5.64. The lowest BCUT2D eigenvalue weighted by molar-refractivity contribution is -0.120. The van der Waals surface area contributed by atoms with Gasteiger partial charge in [0, 0.05) is 12.6 Å². The Bertz CT molecular complexity index is 427. The largest absolute Gasteiger partial charge is 0.494 e. The summed E-state index contributed by atoms with van der Waals surface area (Å²) in [5, 5.41) is 6.12. The molecule has 0 atom stereocenters. The first kappa shape index (κ1) is 15.8. The molecule has 116 valence electrons. The summed E-state index contributed by atoms with van der Waals surface area (Å²) in [5.41, 5.74) is 1.16. The number of ether oxygens (including phenoxy) is 1. The Morgan fingerprint density at radius 2 is 2.00 bits per heavy atom. The number of carbonyl (C=O) groups is 1. The summed E-state index contributed by atoms with van der Waals surface area (Å²) in [7, 11) is 0. The summed E-state index contributed by atoms with van der Waals surface area (Å²) in [6.07, 6.45) is 5.79. The van der Waals surface area contributed by atoms with Crippen LogP contribution in [0.4, 0.5) is 0 Å². The molecule has 0 aliphatic heterocycles. The van der Waals surface area contributed by atoms with E-state index in [9.17, 15) is 4.79 Å². The molecule has 0 unspecified atom stereocenters. The topological polar surface area (TPSA) is 50.4 Å². The van der Waals surface area contributed by atoms with Gasteiger partial charge in [0.1, 0.15) is 5.75 Å². The van der Waals surface area contributed by atoms with Gasteiger partial charge < -0.3 is 15.4 Å². The predicted molar refractivity (Wildman–Crippen MR) is 84.3 cm³/mol. The van der Waals surface area contributed by atoms with Gasteiger partial charge in [0.15, 0.2) is 0 Å². The molecule has 0 radical (unpaired) electrons. The van der Waals surface area contributed by atoms with Gasteiger partial charge in [-0.1, -0.05) is 31.9 Å². The number of rotatable bonds is 10. The van der Waals surface area contributed by atoms with Gasteiger partial charge in [0.05, 0.1) is 13.2 Å². The van der Waals surface area contributed by atoms with Crippen LogP contribution in [0.1, 0.15) is 44.6 Å². The van der Waals surface area contributed by atoms with Crippen molar-refractivity contribution in [3.8, 4) is 5.75 Å². The molecule has 1 aromatic carbocycles. The third kappa shape index (κ3) is 6.63. The van der Waals surface area contributed by atoms with E-state index < -0.39 is 0 Å². The third-order valence-electron chi connectivity index (χ3n) is 3.50. The minimum Gasteiger partial charge on any atom is -0.494 e. The fourth-order valence-electron chi connectivity index (χ4n) is 2.07. The summed E-state index contributed by atoms with van der Waals surface area (Å²) in [6.45, 7) is 4.06. The van der Waals surface area contributed by atoms with Crippen molar-refractivity contribution in [3.05, 3.63) is 29.8 Å². The lowest BCUT2D eigenvalue weighted by atomic mass is 10.2. The van der Waals surface area contributed by atoms with Crippen molar-refractivity contribution in [1.29, 1.82) is 0 Å². The van der Waals surface area contributed by atoms with Gasteiger partial charge in [-0.25, -0.2) is 0 Å². The van der Waals surface area contributed by atoms with Crippen molar-refractivity contribution < 1.29 is 9.53 Å². The monoisotopic (exact) mass is 290 g/mol. The molecule has 2 N–H and O–H groups in total. The number of benzene rings is 1. The summed E-state index contributed by atoms with van der Waals surface area (Å²) >= 11 is 0. The van der Waals surface area contributed by atoms with Crippen LogP contribution < -0.4 is 15.4 Å². The van der Waals surface area contributed by atoms with E-state index in [4.69, 9.17) is 4.74 Å². The van der Waals surface area contributed by atoms with Crippen molar-refractivity contribution in [2.45, 2.75) is 51.6 Å². The zero-order chi connectivity index (χ0) is 14.9. The van der Waals surface area contributed by atoms with Crippen LogP contribution in [0.15, 0.2) is 24.3 Å². The zero-order valence-electron chi connectivity index (χ0n) is 12.9. The van der Waals surface area contributed by atoms with Gasteiger partial charge in [0.2, 0.25) is 5.91 Å². The summed E-state index contributed by atoms with van der Waals surface area (Å²) < 4.78 is 5.67. The minimum atomic E-state index is 0.0911. The van der Waals surface area contributed by atoms with E-state index in [0.29, 0.717) is 19.1 Å². The first-order valence-electron chi connectivity index (χ1n) is 7.99. The Hall–Kier alpha value is -1.55. The van der Waals surface area contributed by atoms with Crippen LogP contribution in [0.25, 0.3) is 0 Å². The van der Waals surface area contributed by atoms with E-state index in [1.807, 2.05) is 24.3 Å². The van der Waals surface area contributed by atoms with Crippen molar-refractivity contribution in [2.24, 2.45) is 0 Å². The van der Waals surface area contributed by atoms with Gasteiger partial charge in [-0.05, 0) is 37.0 Å². The molecule has 21 heavy (non-hydrogen) atoms. The molecule has 1 amide bonds. The standard InChI is InChI=1S/C17H26N2O2/c1-2-3-4-11-21-16-9-5-14(6-10-16)12-18-13-17(20)19-15-7-8-15/h5-6,9-10,15,18H,2-4,7-8,11-13H2,1H3,(H,19,20). The number of hydrogen-bond donors (Lipinski definition) is 2. The van der Waals surface area contributed by atoms with Crippen molar-refractivity contribution in [2.75, 3.05) is 13.2 Å². The van der Waals surface area contributed by atoms with E-state index in [-0.39, 0.29) is 5.91 Å². The summed E-state index contributed by atoms with van der Waals surface area (Å²) in [5.74, 6) is 1.01. The molecule has 1 aliphatic rings. The molecule has 4 nitrogen and oxygen atoms in total. The maximum Gasteiger partial charge on any atom is 0.234 e. The molecule has 1 aliphatic carbocycles. The van der Waals surface area contributed by atoms with E-state index >= 15 is 0 Å². The first-order valence-corrected chi connectivity index (χ1v) is 7.99. The number of unbranched alkanes of at least 4 members (excludes halogenated alkanes) is 2. The molecule has 1 aromatic rings. The van der Waals surface area contributed by atoms with Gasteiger partial charge in [-0.15, -0.1) is 0 Å². The number of carbonyl (C=O) groups excluding carboxylic acids is 1. The quantitative estimate of drug-likeness (QED) is 0.651. The molecule has 1 fully saturated rings. The van der Waals surface area contributed by atoms with E-state index in [1.165, 1.54) is 12.8 Å². The number of nitrogens with one attached hydrogen (secondary N) is 2. The van der Waals surface area contributed by atoms with Crippen LogP contribution in [0.2, 0.25) is 0 Å². The molecule has 4 heteroatoms. The normalized spacial score (nSPS) is 14.0. The highest BCUT2D eigenvalue weighted by atomic mass is 16.5. The van der Waals surface area contributed by atoms with Crippen molar-refractivity contribution >= 4 is 5.91 Å². The SMILES string of the molecule is CCCCCOc1ccc(CNCC(=O)NC2CC2)cc1. The van der Waals surface area contributed by atoms with E-state index in [0.717, 1.165) is 37.2 Å². The zero-order valence-corrected chi connectivity index (χ0v) is 12.9. The Morgan fingerprint density at radius 1 is 1.24 bits per heavy atom. The molecule has 0 saturated heterocycles. The van der Waals surface area contributed by atoms with E-state index in [1.54, 1.807) is 0 Å². The Labute approximate surface area is 127 Å². The molecule has 0 aromatic heterocycles. The molecule has 0 heterocycles. The Kier molecular flexibility index (Phi) is 6.54. The van der Waals surface area contributed by atoms with Crippen LogP contribution in [-0.2, 0) is 11.3 Å².